The van der Waals surface area contributed by atoms with Crippen LogP contribution in [0.4, 0.5) is 0 Å². The van der Waals surface area contributed by atoms with E-state index in [-0.39, 0.29) is 29.2 Å². The van der Waals surface area contributed by atoms with Gasteiger partial charge in [-0.3, -0.25) is 9.59 Å². The highest BCUT2D eigenvalue weighted by molar-refractivity contribution is 5.90. The maximum absolute atomic E-state index is 13.4. The number of rotatable bonds is 5. The zero-order valence-electron chi connectivity index (χ0n) is 17.5. The molecule has 28 heavy (non-hydrogen) atoms. The number of fused-ring (bicyclic) bond motifs is 2. The Kier molecular flexibility index (Phi) is 4.72. The third-order valence-electron chi connectivity index (χ3n) is 8.58. The number of hydrogen-bond donors (Lipinski definition) is 3. The van der Waals surface area contributed by atoms with E-state index in [1.807, 2.05) is 0 Å². The molecule has 3 unspecified atom stereocenters. The Balaban J connectivity index is 1.24. The second kappa shape index (κ2) is 7.00. The molecule has 3 N–H and O–H groups in total. The minimum Gasteiger partial charge on any atom is -0.351 e. The van der Waals surface area contributed by atoms with Crippen LogP contribution < -0.4 is 16.0 Å². The van der Waals surface area contributed by atoms with Crippen LogP contribution in [0.5, 0.6) is 0 Å². The zero-order chi connectivity index (χ0) is 19.5. The first-order valence-corrected chi connectivity index (χ1v) is 11.8. The molecule has 2 amide bonds. The van der Waals surface area contributed by atoms with Crippen LogP contribution >= 0.6 is 0 Å². The summed E-state index contributed by atoms with van der Waals surface area (Å²) >= 11 is 0. The van der Waals surface area contributed by atoms with Gasteiger partial charge in [0.05, 0.1) is 0 Å². The van der Waals surface area contributed by atoms with Gasteiger partial charge in [-0.15, -0.1) is 0 Å². The monoisotopic (exact) mass is 387 g/mol. The first-order chi connectivity index (χ1) is 13.4. The van der Waals surface area contributed by atoms with Gasteiger partial charge in [-0.05, 0) is 87.9 Å². The van der Waals surface area contributed by atoms with E-state index in [1.54, 1.807) is 0 Å². The van der Waals surface area contributed by atoms with Gasteiger partial charge in [0.25, 0.3) is 0 Å². The predicted octanol–water partition coefficient (Wildman–Crippen LogP) is 2.74. The molecule has 0 spiro atoms. The normalized spacial score (nSPS) is 44.5. The van der Waals surface area contributed by atoms with E-state index in [9.17, 15) is 9.59 Å². The van der Waals surface area contributed by atoms with Crippen molar-refractivity contribution in [2.45, 2.75) is 102 Å². The standard InChI is InChI=1S/C23H37N3O2/c1-13(2)20(21(27)25-19-8-17-3-4-18(9-19)24-17)26-22(28)23-10-14-5-15(11-23)7-16(6-14)12-23/h13-20,24H,3-12H2,1-2H3,(H,25,27)(H,26,28). The number of amides is 2. The number of carbonyl (C=O) groups is 2. The number of carbonyl (C=O) groups excluding carboxylic acids is 2. The van der Waals surface area contributed by atoms with Crippen LogP contribution in [-0.2, 0) is 9.59 Å². The third-order valence-corrected chi connectivity index (χ3v) is 8.58. The Morgan fingerprint density at radius 3 is 1.93 bits per heavy atom. The highest BCUT2D eigenvalue weighted by atomic mass is 16.2. The van der Waals surface area contributed by atoms with Crippen molar-refractivity contribution >= 4 is 11.8 Å². The van der Waals surface area contributed by atoms with Gasteiger partial charge in [-0.1, -0.05) is 13.8 Å². The van der Waals surface area contributed by atoms with E-state index in [4.69, 9.17) is 0 Å². The highest BCUT2D eigenvalue weighted by Crippen LogP contribution is 2.60. The lowest BCUT2D eigenvalue weighted by Crippen LogP contribution is -2.59. The third kappa shape index (κ3) is 3.38. The Bertz CT molecular complexity index is 598. The first kappa shape index (κ1) is 18.9. The molecule has 0 aromatic rings. The molecule has 6 fully saturated rings. The van der Waals surface area contributed by atoms with E-state index >= 15 is 0 Å². The lowest BCUT2D eigenvalue weighted by Gasteiger charge is -2.55. The zero-order valence-corrected chi connectivity index (χ0v) is 17.5. The summed E-state index contributed by atoms with van der Waals surface area (Å²) < 4.78 is 0. The first-order valence-electron chi connectivity index (χ1n) is 11.8. The van der Waals surface area contributed by atoms with E-state index < -0.39 is 6.04 Å². The van der Waals surface area contributed by atoms with E-state index in [1.165, 1.54) is 32.1 Å². The van der Waals surface area contributed by atoms with Crippen molar-refractivity contribution in [3.8, 4) is 0 Å². The molecule has 2 aliphatic heterocycles. The maximum Gasteiger partial charge on any atom is 0.243 e. The summed E-state index contributed by atoms with van der Waals surface area (Å²) in [7, 11) is 0. The molecule has 3 atom stereocenters. The molecule has 0 radical (unpaired) electrons. The quantitative estimate of drug-likeness (QED) is 0.679. The lowest BCUT2D eigenvalue weighted by molar-refractivity contribution is -0.149. The Hall–Kier alpha value is -1.10. The Labute approximate surface area is 169 Å². The molecule has 6 rings (SSSR count). The second-order valence-corrected chi connectivity index (χ2v) is 11.2. The van der Waals surface area contributed by atoms with Crippen LogP contribution in [0, 0.1) is 29.1 Å². The summed E-state index contributed by atoms with van der Waals surface area (Å²) in [5.74, 6) is 2.54. The van der Waals surface area contributed by atoms with Gasteiger partial charge in [-0.25, -0.2) is 0 Å². The van der Waals surface area contributed by atoms with Crippen molar-refractivity contribution in [2.75, 3.05) is 0 Å². The van der Waals surface area contributed by atoms with Gasteiger partial charge in [0, 0.05) is 23.5 Å². The molecule has 2 heterocycles. The molecule has 4 saturated carbocycles. The highest BCUT2D eigenvalue weighted by Gasteiger charge is 2.55. The molecular weight excluding hydrogens is 350 g/mol. The molecular formula is C23H37N3O2. The van der Waals surface area contributed by atoms with Crippen molar-refractivity contribution < 1.29 is 9.59 Å². The largest absolute Gasteiger partial charge is 0.351 e. The molecule has 2 saturated heterocycles. The van der Waals surface area contributed by atoms with E-state index in [0.29, 0.717) is 12.1 Å². The SMILES string of the molecule is CC(C)C(NC(=O)C12CC3CC(CC(C3)C1)C2)C(=O)NC1CC2CCC(C1)N2. The summed E-state index contributed by atoms with van der Waals surface area (Å²) in [5.41, 5.74) is -0.184. The fraction of sp³-hybridized carbons (Fsp3) is 0.913. The smallest absolute Gasteiger partial charge is 0.243 e. The molecule has 0 aromatic heterocycles. The van der Waals surface area contributed by atoms with Crippen LogP contribution in [0.2, 0.25) is 0 Å². The molecule has 5 heteroatoms. The number of hydrogen-bond acceptors (Lipinski definition) is 3. The molecule has 0 aromatic carbocycles. The average molecular weight is 388 g/mol. The lowest BCUT2D eigenvalue weighted by atomic mass is 9.49. The maximum atomic E-state index is 13.4. The summed E-state index contributed by atoms with van der Waals surface area (Å²) in [6, 6.07) is 0.961. The van der Waals surface area contributed by atoms with Gasteiger partial charge < -0.3 is 16.0 Å². The molecule has 6 aliphatic rings. The van der Waals surface area contributed by atoms with Crippen molar-refractivity contribution in [1.82, 2.24) is 16.0 Å². The van der Waals surface area contributed by atoms with Gasteiger partial charge in [-0.2, -0.15) is 0 Å². The molecule has 4 aliphatic carbocycles. The summed E-state index contributed by atoms with van der Waals surface area (Å²) in [6.07, 6.45) is 11.7. The van der Waals surface area contributed by atoms with Crippen molar-refractivity contribution in [3.05, 3.63) is 0 Å². The number of nitrogens with one attached hydrogen (secondary N) is 3. The van der Waals surface area contributed by atoms with Crippen molar-refractivity contribution in [1.29, 1.82) is 0 Å². The topological polar surface area (TPSA) is 70.2 Å². The summed E-state index contributed by atoms with van der Waals surface area (Å²) in [4.78, 5) is 26.5. The summed E-state index contributed by atoms with van der Waals surface area (Å²) in [6.45, 7) is 4.10. The van der Waals surface area contributed by atoms with Gasteiger partial charge in [0.1, 0.15) is 6.04 Å². The minimum atomic E-state index is -0.409. The fourth-order valence-corrected chi connectivity index (χ4v) is 7.68. The summed E-state index contributed by atoms with van der Waals surface area (Å²) in [5, 5.41) is 10.2. The minimum absolute atomic E-state index is 0.0272. The van der Waals surface area contributed by atoms with Gasteiger partial charge in [0.2, 0.25) is 11.8 Å². The second-order valence-electron chi connectivity index (χ2n) is 11.2. The van der Waals surface area contributed by atoms with Crippen molar-refractivity contribution in [3.63, 3.8) is 0 Å². The average Bonchev–Trinajstić information content (AvgIpc) is 2.96. The van der Waals surface area contributed by atoms with Crippen LogP contribution in [0.15, 0.2) is 0 Å². The van der Waals surface area contributed by atoms with Crippen LogP contribution in [-0.4, -0.2) is 36.0 Å². The predicted molar refractivity (Wildman–Crippen MR) is 108 cm³/mol. The van der Waals surface area contributed by atoms with Gasteiger partial charge >= 0.3 is 0 Å². The molecule has 5 nitrogen and oxygen atoms in total. The number of piperidine rings is 1. The molecule has 156 valence electrons. The van der Waals surface area contributed by atoms with Crippen LogP contribution in [0.3, 0.4) is 0 Å². The van der Waals surface area contributed by atoms with Crippen LogP contribution in [0.1, 0.15) is 78.1 Å². The van der Waals surface area contributed by atoms with Gasteiger partial charge in [0.15, 0.2) is 0 Å². The van der Waals surface area contributed by atoms with E-state index in [0.717, 1.165) is 49.9 Å². The fourth-order valence-electron chi connectivity index (χ4n) is 7.68. The Morgan fingerprint density at radius 2 is 1.43 bits per heavy atom. The van der Waals surface area contributed by atoms with E-state index in [2.05, 4.69) is 29.8 Å². The molecule has 6 bridgehead atoms. The Morgan fingerprint density at radius 1 is 0.893 bits per heavy atom. The van der Waals surface area contributed by atoms with Crippen molar-refractivity contribution in [2.24, 2.45) is 29.1 Å². The van der Waals surface area contributed by atoms with Crippen LogP contribution in [0.25, 0.3) is 0 Å².